The number of amides is 1. The average molecular weight is 321 g/mol. The number of nitrogens with one attached hydrogen (secondary N) is 2. The van der Waals surface area contributed by atoms with E-state index in [1.807, 2.05) is 30.5 Å². The zero-order chi connectivity index (χ0) is 16.0. The van der Waals surface area contributed by atoms with E-state index in [1.165, 1.54) is 10.1 Å². The normalized spacial score (nSPS) is 10.6. The van der Waals surface area contributed by atoms with Crippen LogP contribution in [0.3, 0.4) is 0 Å². The van der Waals surface area contributed by atoms with Gasteiger partial charge in [-0.05, 0) is 12.1 Å². The molecular weight excluding hydrogens is 310 g/mol. The van der Waals surface area contributed by atoms with Crippen LogP contribution in [-0.2, 0) is 10.3 Å². The van der Waals surface area contributed by atoms with Gasteiger partial charge in [0.05, 0.1) is 11.7 Å². The highest BCUT2D eigenvalue weighted by atomic mass is 32.2. The number of nitrogens with zero attached hydrogens (tertiary/aromatic N) is 3. The number of benzene rings is 1. The van der Waals surface area contributed by atoms with E-state index in [4.69, 9.17) is 4.55 Å². The third-order valence-electron chi connectivity index (χ3n) is 2.38. The molecule has 1 amide bonds. The molecule has 2 aromatic heterocycles. The molecule has 9 nitrogen and oxygen atoms in total. The Labute approximate surface area is 125 Å². The minimum Gasteiger partial charge on any atom is -0.269 e. The van der Waals surface area contributed by atoms with Crippen LogP contribution in [-0.4, -0.2) is 39.3 Å². The summed E-state index contributed by atoms with van der Waals surface area (Å²) in [5.74, 6) is -1.05. The number of carbonyl (C=O) groups excluding carboxylic acids is 1. The molecule has 0 aliphatic carbocycles. The highest BCUT2D eigenvalue weighted by Crippen LogP contribution is 2.07. The number of pyridine rings is 1. The number of rotatable bonds is 2. The molecule has 0 bridgehead atoms. The predicted molar refractivity (Wildman–Crippen MR) is 77.1 cm³/mol. The second kappa shape index (κ2) is 6.74. The fourth-order valence-corrected chi connectivity index (χ4v) is 1.84. The highest BCUT2D eigenvalue weighted by Gasteiger charge is 2.14. The van der Waals surface area contributed by atoms with Crippen LogP contribution >= 0.6 is 0 Å². The molecule has 114 valence electrons. The van der Waals surface area contributed by atoms with Crippen molar-refractivity contribution in [2.45, 2.75) is 0 Å². The summed E-state index contributed by atoms with van der Waals surface area (Å²) < 4.78 is 29.7. The maximum Gasteiger partial charge on any atom is 0.360 e. The van der Waals surface area contributed by atoms with Crippen LogP contribution in [0, 0.1) is 0 Å². The Morgan fingerprint density at radius 2 is 1.91 bits per heavy atom. The number of aromatic nitrogens is 4. The van der Waals surface area contributed by atoms with Gasteiger partial charge in [0.15, 0.2) is 5.69 Å². The second-order valence-electron chi connectivity index (χ2n) is 3.96. The molecule has 0 saturated heterocycles. The number of hydrogen-bond donors (Lipinski definition) is 3. The summed E-state index contributed by atoms with van der Waals surface area (Å²) in [6, 6.07) is 12.1. The second-order valence-corrected chi connectivity index (χ2v) is 5.12. The van der Waals surface area contributed by atoms with E-state index in [0.29, 0.717) is 0 Å². The van der Waals surface area contributed by atoms with Crippen molar-refractivity contribution in [1.82, 2.24) is 25.1 Å². The van der Waals surface area contributed by atoms with Gasteiger partial charge in [-0.3, -0.25) is 19.4 Å². The fraction of sp³-hybridized carbons (Fsp3) is 0. The Bertz CT molecular complexity index is 799. The lowest BCUT2D eigenvalue weighted by molar-refractivity contribution is 0.0974. The molecule has 10 heteroatoms. The van der Waals surface area contributed by atoms with Crippen molar-refractivity contribution in [3.63, 3.8) is 0 Å². The van der Waals surface area contributed by atoms with Crippen molar-refractivity contribution in [3.05, 3.63) is 54.5 Å². The first-order chi connectivity index (χ1) is 10.5. The molecule has 3 N–H and O–H groups in total. The molecule has 1 aromatic carbocycles. The van der Waals surface area contributed by atoms with E-state index >= 15 is 0 Å². The summed E-state index contributed by atoms with van der Waals surface area (Å²) in [5.41, 5.74) is 0.831. The molecule has 0 unspecified atom stereocenters. The smallest absolute Gasteiger partial charge is 0.269 e. The SMILES string of the molecule is O=C(NS(=O)(=O)O)c1c[nH]nn1.c1ccc2ncccc2c1. The predicted octanol–water partition coefficient (Wildman–Crippen LogP) is 0.572. The Kier molecular flexibility index (Phi) is 4.76. The van der Waals surface area contributed by atoms with E-state index in [0.717, 1.165) is 11.7 Å². The number of fused-ring (bicyclic) bond motifs is 1. The Hall–Kier alpha value is -2.85. The molecule has 3 rings (SSSR count). The van der Waals surface area contributed by atoms with Gasteiger partial charge < -0.3 is 0 Å². The lowest BCUT2D eigenvalue weighted by Gasteiger charge is -1.95. The molecule has 0 aliphatic rings. The van der Waals surface area contributed by atoms with Crippen molar-refractivity contribution in [2.24, 2.45) is 0 Å². The van der Waals surface area contributed by atoms with Gasteiger partial charge in [0, 0.05) is 11.6 Å². The first-order valence-electron chi connectivity index (χ1n) is 5.91. The van der Waals surface area contributed by atoms with Gasteiger partial charge in [0.1, 0.15) is 0 Å². The van der Waals surface area contributed by atoms with Crippen molar-refractivity contribution in [2.75, 3.05) is 0 Å². The van der Waals surface area contributed by atoms with Gasteiger partial charge in [-0.2, -0.15) is 8.42 Å². The molecule has 0 saturated carbocycles. The molecule has 0 aliphatic heterocycles. The highest BCUT2D eigenvalue weighted by molar-refractivity contribution is 7.84. The quantitative estimate of drug-likeness (QED) is 0.586. The molecule has 2 heterocycles. The maximum atomic E-state index is 10.7. The van der Waals surface area contributed by atoms with Gasteiger partial charge in [-0.15, -0.1) is 5.10 Å². The lowest BCUT2D eigenvalue weighted by atomic mass is 10.2. The van der Waals surface area contributed by atoms with E-state index in [1.54, 1.807) is 0 Å². The summed E-state index contributed by atoms with van der Waals surface area (Å²) in [4.78, 5) is 14.9. The van der Waals surface area contributed by atoms with Crippen LogP contribution in [0.15, 0.2) is 48.8 Å². The fourth-order valence-electron chi connectivity index (χ4n) is 1.50. The average Bonchev–Trinajstić information content (AvgIpc) is 3.01. The molecular formula is C12H11N5O4S. The van der Waals surface area contributed by atoms with Crippen molar-refractivity contribution in [3.8, 4) is 0 Å². The molecule has 0 fully saturated rings. The summed E-state index contributed by atoms with van der Waals surface area (Å²) >= 11 is 0. The van der Waals surface area contributed by atoms with Gasteiger partial charge in [0.2, 0.25) is 0 Å². The number of hydrogen-bond acceptors (Lipinski definition) is 6. The zero-order valence-corrected chi connectivity index (χ0v) is 11.9. The molecule has 0 atom stereocenters. The monoisotopic (exact) mass is 321 g/mol. The lowest BCUT2D eigenvalue weighted by Crippen LogP contribution is -2.29. The number of H-pyrrole nitrogens is 1. The van der Waals surface area contributed by atoms with E-state index in [9.17, 15) is 13.2 Å². The summed E-state index contributed by atoms with van der Waals surface area (Å²) in [6.07, 6.45) is 2.89. The Morgan fingerprint density at radius 1 is 1.18 bits per heavy atom. The van der Waals surface area contributed by atoms with Crippen LogP contribution in [0.5, 0.6) is 0 Å². The maximum absolute atomic E-state index is 10.7. The van der Waals surface area contributed by atoms with Crippen LogP contribution in [0.25, 0.3) is 10.9 Å². The summed E-state index contributed by atoms with van der Waals surface area (Å²) in [6.45, 7) is 0. The summed E-state index contributed by atoms with van der Waals surface area (Å²) in [7, 11) is -4.53. The number of carbonyl (C=O) groups is 1. The van der Waals surface area contributed by atoms with Crippen LogP contribution in [0.1, 0.15) is 10.5 Å². The molecule has 0 spiro atoms. The van der Waals surface area contributed by atoms with Gasteiger partial charge in [-0.25, -0.2) is 4.72 Å². The van der Waals surface area contributed by atoms with Gasteiger partial charge in [0.25, 0.3) is 5.91 Å². The van der Waals surface area contributed by atoms with Crippen LogP contribution < -0.4 is 4.72 Å². The van der Waals surface area contributed by atoms with E-state index in [-0.39, 0.29) is 5.69 Å². The minimum absolute atomic E-state index is 0.229. The largest absolute Gasteiger partial charge is 0.360 e. The van der Waals surface area contributed by atoms with Crippen LogP contribution in [0.2, 0.25) is 0 Å². The Morgan fingerprint density at radius 3 is 2.55 bits per heavy atom. The standard InChI is InChI=1S/C9H7N.C3H4N4O4S/c1-2-6-9-8(4-1)5-3-7-10-9;8-3(6-12(9,10)11)2-1-4-7-5-2/h1-7H;1H,(H,6,8)(H,4,5,7)(H,9,10,11). The molecule has 0 radical (unpaired) electrons. The van der Waals surface area contributed by atoms with E-state index < -0.39 is 16.2 Å². The van der Waals surface area contributed by atoms with Gasteiger partial charge in [-0.1, -0.05) is 29.5 Å². The first kappa shape index (κ1) is 15.5. The third-order valence-corrected chi connectivity index (χ3v) is 2.83. The van der Waals surface area contributed by atoms with Crippen molar-refractivity contribution >= 4 is 27.1 Å². The number of para-hydroxylation sites is 1. The Balaban J connectivity index is 0.000000162. The zero-order valence-electron chi connectivity index (χ0n) is 11.0. The molecule has 3 aromatic rings. The van der Waals surface area contributed by atoms with Crippen molar-refractivity contribution in [1.29, 1.82) is 0 Å². The number of aromatic amines is 1. The third kappa shape index (κ3) is 4.61. The topological polar surface area (TPSA) is 138 Å². The first-order valence-corrected chi connectivity index (χ1v) is 7.35. The van der Waals surface area contributed by atoms with E-state index in [2.05, 4.69) is 32.5 Å². The summed E-state index contributed by atoms with van der Waals surface area (Å²) in [5, 5.41) is 9.77. The van der Waals surface area contributed by atoms with Crippen molar-refractivity contribution < 1.29 is 17.8 Å². The van der Waals surface area contributed by atoms with Gasteiger partial charge >= 0.3 is 10.3 Å². The van der Waals surface area contributed by atoms with Crippen LogP contribution in [0.4, 0.5) is 0 Å². The minimum atomic E-state index is -4.53. The molecule has 22 heavy (non-hydrogen) atoms.